The zero-order valence-electron chi connectivity index (χ0n) is 26.0. The molecule has 1 saturated heterocycles. The van der Waals surface area contributed by atoms with E-state index in [-0.39, 0.29) is 22.6 Å². The van der Waals surface area contributed by atoms with Crippen molar-refractivity contribution in [3.8, 4) is 11.5 Å². The van der Waals surface area contributed by atoms with Crippen LogP contribution in [0.3, 0.4) is 0 Å². The van der Waals surface area contributed by atoms with E-state index in [1.807, 2.05) is 55.5 Å². The summed E-state index contributed by atoms with van der Waals surface area (Å²) in [7, 11) is 0. The number of fused-ring (bicyclic) bond motifs is 2. The summed E-state index contributed by atoms with van der Waals surface area (Å²) in [5.41, 5.74) is 3.17. The maximum atomic E-state index is 13.8. The highest BCUT2D eigenvalue weighted by molar-refractivity contribution is 8.00. The number of Topliss-reactive ketones (excluding diaryl/α,β-unsaturated/α-hetero) is 1. The standard InChI is InChI=1S/C37H33N3O5S2/c1-3-4-17-44-28-13-8-11-24(20-28)32-31(33(41)25-15-16-30-27(19-25)18-22(2)45-30)34(42)35(43)40(32)36-38-39-37(47-36)46-21-26-12-7-10-23-9-5-6-14-29(23)26/h5-16,19-20,22,32,41H,3-4,17-18,21H2,1-2H3. The topological polar surface area (TPSA) is 102 Å². The molecule has 5 aromatic rings. The Morgan fingerprint density at radius 1 is 1.04 bits per heavy atom. The number of ketones is 1. The molecule has 0 aliphatic carbocycles. The highest BCUT2D eigenvalue weighted by Crippen LogP contribution is 2.45. The number of carbonyl (C=O) groups is 2. The van der Waals surface area contributed by atoms with E-state index in [4.69, 9.17) is 9.47 Å². The van der Waals surface area contributed by atoms with Crippen LogP contribution in [0.25, 0.3) is 16.5 Å². The number of aromatic nitrogens is 2. The van der Waals surface area contributed by atoms with Gasteiger partial charge in [0.2, 0.25) is 5.13 Å². The fourth-order valence-electron chi connectivity index (χ4n) is 6.09. The van der Waals surface area contributed by atoms with E-state index in [9.17, 15) is 14.7 Å². The summed E-state index contributed by atoms with van der Waals surface area (Å²) >= 11 is 2.77. The van der Waals surface area contributed by atoms with Gasteiger partial charge >= 0.3 is 5.91 Å². The molecule has 3 heterocycles. The van der Waals surface area contributed by atoms with E-state index < -0.39 is 17.7 Å². The summed E-state index contributed by atoms with van der Waals surface area (Å²) in [6.45, 7) is 4.62. The van der Waals surface area contributed by atoms with Crippen LogP contribution in [-0.4, -0.2) is 39.7 Å². The first kappa shape index (κ1) is 31.0. The van der Waals surface area contributed by atoms with E-state index in [0.717, 1.165) is 29.5 Å². The fraction of sp³-hybridized carbons (Fsp3) is 0.243. The van der Waals surface area contributed by atoms with Crippen LogP contribution < -0.4 is 14.4 Å². The molecular formula is C37H33N3O5S2. The Morgan fingerprint density at radius 2 is 1.87 bits per heavy atom. The van der Waals surface area contributed by atoms with Gasteiger partial charge in [0.05, 0.1) is 18.2 Å². The predicted molar refractivity (Wildman–Crippen MR) is 185 cm³/mol. The van der Waals surface area contributed by atoms with Gasteiger partial charge in [0, 0.05) is 17.7 Å². The Hall–Kier alpha value is -4.67. The number of aliphatic hydroxyl groups is 1. The van der Waals surface area contributed by atoms with Crippen molar-refractivity contribution < 1.29 is 24.2 Å². The first-order valence-corrected chi connectivity index (χ1v) is 17.5. The molecule has 0 bridgehead atoms. The molecule has 1 fully saturated rings. The third kappa shape index (κ3) is 6.11. The zero-order valence-corrected chi connectivity index (χ0v) is 27.6. The molecule has 238 valence electrons. The molecule has 2 atom stereocenters. The number of aliphatic hydroxyl groups excluding tert-OH is 1. The van der Waals surface area contributed by atoms with Gasteiger partial charge in [-0.05, 0) is 71.1 Å². The SMILES string of the molecule is CCCCOc1cccc(C2C(=C(O)c3ccc4c(c3)CC(C)O4)C(=O)C(=O)N2c2nnc(SCc3cccc4ccccc34)s2)c1. The molecule has 1 amide bonds. The van der Waals surface area contributed by atoms with Gasteiger partial charge in [0.25, 0.3) is 5.78 Å². The Balaban J connectivity index is 1.25. The van der Waals surface area contributed by atoms with E-state index in [1.54, 1.807) is 12.1 Å². The number of hydrogen-bond donors (Lipinski definition) is 1. The average molecular weight is 664 g/mol. The van der Waals surface area contributed by atoms with E-state index in [2.05, 4.69) is 41.4 Å². The number of amides is 1. The first-order valence-electron chi connectivity index (χ1n) is 15.7. The third-order valence-electron chi connectivity index (χ3n) is 8.39. The largest absolute Gasteiger partial charge is 0.507 e. The summed E-state index contributed by atoms with van der Waals surface area (Å²) in [5, 5.41) is 23.1. The third-order valence-corrected chi connectivity index (χ3v) is 10.5. The molecule has 10 heteroatoms. The molecule has 0 spiro atoms. The van der Waals surface area contributed by atoms with Crippen LogP contribution in [0.5, 0.6) is 11.5 Å². The Bertz CT molecular complexity index is 2020. The number of nitrogens with zero attached hydrogens (tertiary/aromatic N) is 3. The maximum Gasteiger partial charge on any atom is 0.301 e. The molecule has 2 unspecified atom stereocenters. The summed E-state index contributed by atoms with van der Waals surface area (Å²) in [6, 6.07) is 26.2. The van der Waals surface area contributed by atoms with E-state index in [0.29, 0.717) is 40.0 Å². The van der Waals surface area contributed by atoms with Crippen LogP contribution in [0.1, 0.15) is 55.0 Å². The lowest BCUT2D eigenvalue weighted by Crippen LogP contribution is -2.29. The maximum absolute atomic E-state index is 13.8. The minimum atomic E-state index is -0.933. The molecule has 1 aromatic heterocycles. The predicted octanol–water partition coefficient (Wildman–Crippen LogP) is 8.11. The van der Waals surface area contributed by atoms with Gasteiger partial charge in [-0.25, -0.2) is 0 Å². The van der Waals surface area contributed by atoms with Crippen molar-refractivity contribution in [2.75, 3.05) is 11.5 Å². The zero-order chi connectivity index (χ0) is 32.5. The normalized spacial score (nSPS) is 18.5. The van der Waals surface area contributed by atoms with Crippen molar-refractivity contribution in [1.29, 1.82) is 0 Å². The number of rotatable bonds is 10. The Labute approximate surface area is 281 Å². The van der Waals surface area contributed by atoms with Crippen molar-refractivity contribution in [2.45, 2.75) is 55.3 Å². The molecule has 47 heavy (non-hydrogen) atoms. The Morgan fingerprint density at radius 3 is 2.74 bits per heavy atom. The van der Waals surface area contributed by atoms with Gasteiger partial charge in [0.1, 0.15) is 23.4 Å². The summed E-state index contributed by atoms with van der Waals surface area (Å²) in [5.74, 6) is 0.240. The van der Waals surface area contributed by atoms with Gasteiger partial charge in [-0.2, -0.15) is 0 Å². The fourth-order valence-corrected chi connectivity index (χ4v) is 7.97. The van der Waals surface area contributed by atoms with Crippen LogP contribution >= 0.6 is 23.1 Å². The quantitative estimate of drug-likeness (QED) is 0.0399. The van der Waals surface area contributed by atoms with Crippen LogP contribution in [0.2, 0.25) is 0 Å². The summed E-state index contributed by atoms with van der Waals surface area (Å²) in [6.07, 6.45) is 2.60. The monoisotopic (exact) mass is 663 g/mol. The molecule has 2 aliphatic heterocycles. The number of thioether (sulfide) groups is 1. The Kier molecular flexibility index (Phi) is 8.70. The summed E-state index contributed by atoms with van der Waals surface area (Å²) < 4.78 is 12.5. The van der Waals surface area contributed by atoms with Gasteiger partial charge in [-0.1, -0.05) is 91.0 Å². The number of unbranched alkanes of at least 4 members (excludes halogenated alkanes) is 1. The van der Waals surface area contributed by atoms with Crippen molar-refractivity contribution in [3.05, 3.63) is 113 Å². The lowest BCUT2D eigenvalue weighted by atomic mass is 9.94. The van der Waals surface area contributed by atoms with E-state index in [1.165, 1.54) is 38.9 Å². The van der Waals surface area contributed by atoms with Crippen molar-refractivity contribution in [1.82, 2.24) is 10.2 Å². The number of benzene rings is 4. The number of carbonyl (C=O) groups excluding carboxylic acids is 2. The second-order valence-electron chi connectivity index (χ2n) is 11.7. The first-order chi connectivity index (χ1) is 22.9. The second kappa shape index (κ2) is 13.2. The van der Waals surface area contributed by atoms with Crippen molar-refractivity contribution in [3.63, 3.8) is 0 Å². The highest BCUT2D eigenvalue weighted by atomic mass is 32.2. The summed E-state index contributed by atoms with van der Waals surface area (Å²) in [4.78, 5) is 29.0. The van der Waals surface area contributed by atoms with Crippen LogP contribution in [0.4, 0.5) is 5.13 Å². The molecule has 4 aromatic carbocycles. The van der Waals surface area contributed by atoms with Gasteiger partial charge < -0.3 is 14.6 Å². The van der Waals surface area contributed by atoms with Crippen LogP contribution in [0.15, 0.2) is 94.8 Å². The smallest absolute Gasteiger partial charge is 0.301 e. The number of hydrogen-bond acceptors (Lipinski definition) is 9. The molecule has 8 nitrogen and oxygen atoms in total. The van der Waals surface area contributed by atoms with Crippen molar-refractivity contribution >= 4 is 56.5 Å². The number of anilines is 1. The molecule has 2 aliphatic rings. The van der Waals surface area contributed by atoms with Gasteiger partial charge in [0.15, 0.2) is 4.34 Å². The average Bonchev–Trinajstić information content (AvgIpc) is 3.78. The minimum Gasteiger partial charge on any atom is -0.507 e. The molecule has 7 rings (SSSR count). The lowest BCUT2D eigenvalue weighted by molar-refractivity contribution is -0.132. The van der Waals surface area contributed by atoms with Crippen molar-refractivity contribution in [2.24, 2.45) is 0 Å². The van der Waals surface area contributed by atoms with Crippen LogP contribution in [-0.2, 0) is 21.8 Å². The van der Waals surface area contributed by atoms with Gasteiger partial charge in [-0.15, -0.1) is 10.2 Å². The minimum absolute atomic E-state index is 0.00668. The van der Waals surface area contributed by atoms with Gasteiger partial charge in [-0.3, -0.25) is 14.5 Å². The molecule has 0 saturated carbocycles. The lowest BCUT2D eigenvalue weighted by Gasteiger charge is -2.23. The molecular weight excluding hydrogens is 631 g/mol. The molecule has 0 radical (unpaired) electrons. The molecule has 1 N–H and O–H groups in total. The van der Waals surface area contributed by atoms with E-state index >= 15 is 0 Å². The highest BCUT2D eigenvalue weighted by Gasteiger charge is 2.48. The van der Waals surface area contributed by atoms with Crippen LogP contribution in [0, 0.1) is 0 Å². The number of ether oxygens (including phenoxy) is 2. The second-order valence-corrected chi connectivity index (χ2v) is 13.9.